The van der Waals surface area contributed by atoms with Gasteiger partial charge < -0.3 is 19.1 Å². The normalized spacial score (nSPS) is 23.7. The number of ether oxygens (including phenoxy) is 3. The van der Waals surface area contributed by atoms with E-state index < -0.39 is 0 Å². The van der Waals surface area contributed by atoms with Crippen LogP contribution in [0.3, 0.4) is 0 Å². The highest BCUT2D eigenvalue weighted by Crippen LogP contribution is 2.36. The van der Waals surface area contributed by atoms with Crippen molar-refractivity contribution in [3.8, 4) is 5.75 Å². The molecule has 4 rings (SSSR count). The molecule has 0 aliphatic carbocycles. The number of morpholine rings is 1. The molecule has 0 saturated carbocycles. The molecular weight excluding hydrogens is 340 g/mol. The van der Waals surface area contributed by atoms with Crippen LogP contribution in [0, 0.1) is 0 Å². The Labute approximate surface area is 163 Å². The average Bonchev–Trinajstić information content (AvgIpc) is 2.68. The minimum Gasteiger partial charge on any atom is -0.494 e. The SMILES string of the molecule is c1cc(C2(CN3CCOCC3)CCOCC2)ccc1OCCCN1CCC1. The largest absolute Gasteiger partial charge is 0.494 e. The fraction of sp³-hybridized carbons (Fsp3) is 0.727. The molecule has 3 fully saturated rings. The highest BCUT2D eigenvalue weighted by Gasteiger charge is 2.36. The zero-order valence-electron chi connectivity index (χ0n) is 16.5. The molecule has 27 heavy (non-hydrogen) atoms. The van der Waals surface area contributed by atoms with Gasteiger partial charge in [-0.05, 0) is 56.5 Å². The van der Waals surface area contributed by atoms with Gasteiger partial charge in [-0.25, -0.2) is 0 Å². The molecule has 0 unspecified atom stereocenters. The van der Waals surface area contributed by atoms with E-state index >= 15 is 0 Å². The maximum Gasteiger partial charge on any atom is 0.119 e. The number of hydrogen-bond donors (Lipinski definition) is 0. The fourth-order valence-corrected chi connectivity index (χ4v) is 4.48. The molecule has 0 aromatic heterocycles. The van der Waals surface area contributed by atoms with Crippen LogP contribution in [0.2, 0.25) is 0 Å². The lowest BCUT2D eigenvalue weighted by atomic mass is 9.73. The number of likely N-dealkylation sites (tertiary alicyclic amines) is 1. The first-order valence-corrected chi connectivity index (χ1v) is 10.7. The van der Waals surface area contributed by atoms with Crippen molar-refractivity contribution in [1.82, 2.24) is 9.80 Å². The Balaban J connectivity index is 1.34. The predicted molar refractivity (Wildman–Crippen MR) is 107 cm³/mol. The molecule has 3 aliphatic heterocycles. The highest BCUT2D eigenvalue weighted by atomic mass is 16.5. The Kier molecular flexibility index (Phi) is 6.66. The van der Waals surface area contributed by atoms with Crippen LogP contribution >= 0.6 is 0 Å². The first kappa shape index (κ1) is 19.2. The van der Waals surface area contributed by atoms with Gasteiger partial charge in [-0.2, -0.15) is 0 Å². The predicted octanol–water partition coefficient (Wildman–Crippen LogP) is 2.54. The van der Waals surface area contributed by atoms with Crippen LogP contribution in [0.25, 0.3) is 0 Å². The molecule has 0 bridgehead atoms. The second-order valence-electron chi connectivity index (χ2n) is 8.20. The van der Waals surface area contributed by atoms with E-state index in [9.17, 15) is 0 Å². The first-order valence-electron chi connectivity index (χ1n) is 10.7. The summed E-state index contributed by atoms with van der Waals surface area (Å²) in [5.41, 5.74) is 1.64. The summed E-state index contributed by atoms with van der Waals surface area (Å²) in [6, 6.07) is 8.90. The summed E-state index contributed by atoms with van der Waals surface area (Å²) in [5, 5.41) is 0. The van der Waals surface area contributed by atoms with Crippen LogP contribution in [0.5, 0.6) is 5.75 Å². The van der Waals surface area contributed by atoms with Gasteiger partial charge in [0.2, 0.25) is 0 Å². The minimum atomic E-state index is 0.200. The first-order chi connectivity index (χ1) is 13.3. The summed E-state index contributed by atoms with van der Waals surface area (Å²) in [4.78, 5) is 5.06. The van der Waals surface area contributed by atoms with Crippen molar-refractivity contribution in [3.63, 3.8) is 0 Å². The van der Waals surface area contributed by atoms with Gasteiger partial charge in [-0.1, -0.05) is 12.1 Å². The van der Waals surface area contributed by atoms with Crippen molar-refractivity contribution >= 4 is 0 Å². The van der Waals surface area contributed by atoms with Gasteiger partial charge in [0.05, 0.1) is 19.8 Å². The minimum absolute atomic E-state index is 0.200. The Bertz CT molecular complexity index is 561. The zero-order valence-corrected chi connectivity index (χ0v) is 16.5. The quantitative estimate of drug-likeness (QED) is 0.653. The van der Waals surface area contributed by atoms with Crippen molar-refractivity contribution in [1.29, 1.82) is 0 Å². The number of benzene rings is 1. The van der Waals surface area contributed by atoms with E-state index in [0.717, 1.165) is 77.7 Å². The van der Waals surface area contributed by atoms with Crippen LogP contribution in [-0.2, 0) is 14.9 Å². The molecule has 0 amide bonds. The third-order valence-electron chi connectivity index (χ3n) is 6.38. The fourth-order valence-electron chi connectivity index (χ4n) is 4.48. The lowest BCUT2D eigenvalue weighted by Gasteiger charge is -2.42. The van der Waals surface area contributed by atoms with E-state index in [1.165, 1.54) is 31.6 Å². The number of rotatable bonds is 8. The van der Waals surface area contributed by atoms with E-state index in [4.69, 9.17) is 14.2 Å². The molecule has 5 nitrogen and oxygen atoms in total. The Morgan fingerprint density at radius 3 is 2.22 bits per heavy atom. The summed E-state index contributed by atoms with van der Waals surface area (Å²) in [7, 11) is 0. The third-order valence-corrected chi connectivity index (χ3v) is 6.38. The van der Waals surface area contributed by atoms with E-state index in [1.54, 1.807) is 0 Å². The summed E-state index contributed by atoms with van der Waals surface area (Å²) in [6.07, 6.45) is 4.67. The lowest BCUT2D eigenvalue weighted by molar-refractivity contribution is -0.00119. The maximum absolute atomic E-state index is 5.97. The van der Waals surface area contributed by atoms with Crippen molar-refractivity contribution in [2.24, 2.45) is 0 Å². The third kappa shape index (κ3) is 5.02. The Hall–Kier alpha value is -1.14. The van der Waals surface area contributed by atoms with Gasteiger partial charge in [-0.15, -0.1) is 0 Å². The van der Waals surface area contributed by atoms with E-state index in [0.29, 0.717) is 0 Å². The van der Waals surface area contributed by atoms with Crippen LogP contribution in [-0.4, -0.2) is 82.1 Å². The maximum atomic E-state index is 5.97. The Morgan fingerprint density at radius 2 is 1.56 bits per heavy atom. The number of nitrogens with zero attached hydrogens (tertiary/aromatic N) is 2. The molecule has 150 valence electrons. The van der Waals surface area contributed by atoms with Gasteiger partial charge in [0.1, 0.15) is 5.75 Å². The van der Waals surface area contributed by atoms with Crippen molar-refractivity contribution in [3.05, 3.63) is 29.8 Å². The summed E-state index contributed by atoms with van der Waals surface area (Å²) >= 11 is 0. The molecule has 0 atom stereocenters. The van der Waals surface area contributed by atoms with Crippen LogP contribution in [0.4, 0.5) is 0 Å². The van der Waals surface area contributed by atoms with Crippen LogP contribution < -0.4 is 4.74 Å². The topological polar surface area (TPSA) is 34.2 Å². The van der Waals surface area contributed by atoms with E-state index in [-0.39, 0.29) is 5.41 Å². The highest BCUT2D eigenvalue weighted by molar-refractivity contribution is 5.33. The molecule has 0 N–H and O–H groups in total. The van der Waals surface area contributed by atoms with Gasteiger partial charge in [0.25, 0.3) is 0 Å². The summed E-state index contributed by atoms with van der Waals surface area (Å²) in [5.74, 6) is 0.996. The van der Waals surface area contributed by atoms with Crippen LogP contribution in [0.15, 0.2) is 24.3 Å². The smallest absolute Gasteiger partial charge is 0.119 e. The second kappa shape index (κ2) is 9.37. The van der Waals surface area contributed by atoms with Crippen molar-refractivity contribution in [2.45, 2.75) is 31.1 Å². The van der Waals surface area contributed by atoms with E-state index in [1.807, 2.05) is 0 Å². The molecule has 3 heterocycles. The molecule has 1 aromatic carbocycles. The van der Waals surface area contributed by atoms with Gasteiger partial charge in [-0.3, -0.25) is 4.90 Å². The zero-order chi connectivity index (χ0) is 18.4. The molecular formula is C22H34N2O3. The van der Waals surface area contributed by atoms with Gasteiger partial charge >= 0.3 is 0 Å². The summed E-state index contributed by atoms with van der Waals surface area (Å²) in [6.45, 7) is 11.1. The average molecular weight is 375 g/mol. The second-order valence-corrected chi connectivity index (χ2v) is 8.20. The molecule has 5 heteroatoms. The van der Waals surface area contributed by atoms with Gasteiger partial charge in [0.15, 0.2) is 0 Å². The standard InChI is InChI=1S/C22H34N2O3/c1-9-23(10-1)11-2-14-27-21-5-3-20(4-6-21)22(7-15-25-16-8-22)19-24-12-17-26-18-13-24/h3-6H,1-2,7-19H2. The molecule has 3 aliphatic rings. The molecule has 3 saturated heterocycles. The van der Waals surface area contributed by atoms with Crippen LogP contribution in [0.1, 0.15) is 31.2 Å². The summed E-state index contributed by atoms with van der Waals surface area (Å²) < 4.78 is 17.2. The molecule has 1 aromatic rings. The lowest BCUT2D eigenvalue weighted by Crippen LogP contribution is -2.48. The van der Waals surface area contributed by atoms with Crippen molar-refractivity contribution < 1.29 is 14.2 Å². The van der Waals surface area contributed by atoms with Crippen molar-refractivity contribution in [2.75, 3.05) is 72.3 Å². The molecule has 0 spiro atoms. The van der Waals surface area contributed by atoms with Gasteiger partial charge in [0, 0.05) is 44.8 Å². The molecule has 0 radical (unpaired) electrons. The number of hydrogen-bond acceptors (Lipinski definition) is 5. The Morgan fingerprint density at radius 1 is 0.852 bits per heavy atom. The van der Waals surface area contributed by atoms with E-state index in [2.05, 4.69) is 34.1 Å². The monoisotopic (exact) mass is 374 g/mol.